The third kappa shape index (κ3) is 5.21. The summed E-state index contributed by atoms with van der Waals surface area (Å²) < 4.78 is 59.4. The summed E-state index contributed by atoms with van der Waals surface area (Å²) in [6, 6.07) is 15.8. The van der Waals surface area contributed by atoms with Gasteiger partial charge < -0.3 is 14.9 Å². The molecule has 0 aliphatic carbocycles. The molecule has 214 valence electrons. The van der Waals surface area contributed by atoms with E-state index in [9.17, 15) is 32.3 Å². The fourth-order valence-corrected chi connectivity index (χ4v) is 4.48. The Labute approximate surface area is 236 Å². The van der Waals surface area contributed by atoms with Crippen LogP contribution in [-0.2, 0) is 11.0 Å². The monoisotopic (exact) mass is 579 g/mol. The van der Waals surface area contributed by atoms with E-state index in [1.807, 2.05) is 13.8 Å². The Morgan fingerprint density at radius 3 is 2.38 bits per heavy atom. The standard InChI is InChI=1S/C30H21F4N3O5/c1-15-6-9-19(12-16(15)2)37-24-14-18(30(32,33)34)8-10-21(24)26(28(37)39)36-35-23-5-3-4-20(27(23)38)17-7-11-25(22(31)13-17)42-29(40)41/h3-14,35,38H,1-2H3,(H,40,41). The predicted molar refractivity (Wildman–Crippen MR) is 147 cm³/mol. The second kappa shape index (κ2) is 10.5. The lowest BCUT2D eigenvalue weighted by Gasteiger charge is -2.19. The number of hydrogen-bond donors (Lipinski definition) is 3. The number of alkyl halides is 3. The van der Waals surface area contributed by atoms with Crippen LogP contribution in [0, 0.1) is 19.7 Å². The summed E-state index contributed by atoms with van der Waals surface area (Å²) in [7, 11) is 0. The minimum atomic E-state index is -4.64. The third-order valence-corrected chi connectivity index (χ3v) is 6.74. The minimum absolute atomic E-state index is 0.00394. The van der Waals surface area contributed by atoms with Crippen LogP contribution in [0.5, 0.6) is 11.5 Å². The van der Waals surface area contributed by atoms with Crippen molar-refractivity contribution >= 4 is 34.8 Å². The first-order valence-corrected chi connectivity index (χ1v) is 12.3. The summed E-state index contributed by atoms with van der Waals surface area (Å²) in [4.78, 5) is 25.4. The fraction of sp³-hybridized carbons (Fsp3) is 0.100. The molecule has 0 atom stereocenters. The SMILES string of the molecule is Cc1ccc(N2C(=O)C(=NNc3cccc(-c4ccc(OC(=O)O)c(F)c4)c3O)c3ccc(C(F)(F)F)cc32)cc1C. The van der Waals surface area contributed by atoms with E-state index in [-0.39, 0.29) is 39.5 Å². The van der Waals surface area contributed by atoms with Crippen molar-refractivity contribution in [1.29, 1.82) is 0 Å². The highest BCUT2D eigenvalue weighted by Crippen LogP contribution is 2.41. The molecular formula is C30H21F4N3O5. The number of hydrogen-bond acceptors (Lipinski definition) is 6. The number of carbonyl (C=O) groups excluding carboxylic acids is 1. The van der Waals surface area contributed by atoms with Crippen molar-refractivity contribution in [3.63, 3.8) is 0 Å². The number of anilines is 3. The third-order valence-electron chi connectivity index (χ3n) is 6.74. The molecule has 1 aliphatic heterocycles. The number of phenols is 1. The molecule has 0 saturated heterocycles. The summed E-state index contributed by atoms with van der Waals surface area (Å²) in [6.07, 6.45) is -6.34. The molecule has 8 nitrogen and oxygen atoms in total. The molecule has 1 heterocycles. The Balaban J connectivity index is 1.53. The Morgan fingerprint density at radius 1 is 0.952 bits per heavy atom. The van der Waals surface area contributed by atoms with Crippen LogP contribution < -0.4 is 15.1 Å². The van der Waals surface area contributed by atoms with E-state index in [2.05, 4.69) is 15.3 Å². The first-order chi connectivity index (χ1) is 19.8. The number of rotatable bonds is 5. The molecule has 0 radical (unpaired) electrons. The number of phenolic OH excluding ortho intramolecular Hbond substituents is 1. The van der Waals surface area contributed by atoms with E-state index in [0.29, 0.717) is 5.69 Å². The average Bonchev–Trinajstić information content (AvgIpc) is 3.20. The van der Waals surface area contributed by atoms with E-state index in [4.69, 9.17) is 5.11 Å². The molecule has 12 heteroatoms. The zero-order chi connectivity index (χ0) is 30.3. The van der Waals surface area contributed by atoms with Crippen molar-refractivity contribution in [3.8, 4) is 22.6 Å². The van der Waals surface area contributed by atoms with Crippen LogP contribution in [0.1, 0.15) is 22.3 Å². The Morgan fingerprint density at radius 2 is 1.71 bits per heavy atom. The molecule has 4 aromatic carbocycles. The van der Waals surface area contributed by atoms with Gasteiger partial charge in [0.2, 0.25) is 0 Å². The normalized spacial score (nSPS) is 13.8. The highest BCUT2D eigenvalue weighted by molar-refractivity contribution is 6.55. The zero-order valence-corrected chi connectivity index (χ0v) is 22.0. The van der Waals surface area contributed by atoms with Gasteiger partial charge >= 0.3 is 12.3 Å². The molecule has 0 unspecified atom stereocenters. The molecule has 3 N–H and O–H groups in total. The van der Waals surface area contributed by atoms with Crippen LogP contribution in [0.25, 0.3) is 11.1 Å². The van der Waals surface area contributed by atoms with E-state index >= 15 is 0 Å². The molecule has 0 aromatic heterocycles. The number of nitrogens with one attached hydrogen (secondary N) is 1. The van der Waals surface area contributed by atoms with Crippen LogP contribution in [0.15, 0.2) is 77.9 Å². The van der Waals surface area contributed by atoms with Gasteiger partial charge in [0.05, 0.1) is 16.9 Å². The van der Waals surface area contributed by atoms with Gasteiger partial charge in [-0.2, -0.15) is 18.3 Å². The first kappa shape index (κ1) is 28.1. The van der Waals surface area contributed by atoms with Crippen molar-refractivity contribution in [3.05, 3.63) is 101 Å². The second-order valence-corrected chi connectivity index (χ2v) is 9.43. The zero-order valence-electron chi connectivity index (χ0n) is 22.0. The van der Waals surface area contributed by atoms with Crippen molar-refractivity contribution in [2.75, 3.05) is 10.3 Å². The lowest BCUT2D eigenvalue weighted by molar-refractivity contribution is -0.137. The van der Waals surface area contributed by atoms with Gasteiger partial charge in [-0.25, -0.2) is 9.18 Å². The lowest BCUT2D eigenvalue weighted by Crippen LogP contribution is -2.26. The maximum absolute atomic E-state index is 14.4. The number of aryl methyl sites for hydroxylation is 2. The van der Waals surface area contributed by atoms with Gasteiger partial charge in [-0.1, -0.05) is 24.3 Å². The lowest BCUT2D eigenvalue weighted by atomic mass is 10.0. The summed E-state index contributed by atoms with van der Waals surface area (Å²) in [5.74, 6) is -2.57. The van der Waals surface area contributed by atoms with Gasteiger partial charge in [0.25, 0.3) is 5.91 Å². The fourth-order valence-electron chi connectivity index (χ4n) is 4.48. The van der Waals surface area contributed by atoms with Gasteiger partial charge in [0, 0.05) is 16.8 Å². The molecule has 4 aromatic rings. The highest BCUT2D eigenvalue weighted by Gasteiger charge is 2.39. The van der Waals surface area contributed by atoms with Crippen molar-refractivity contribution < 1.29 is 42.1 Å². The second-order valence-electron chi connectivity index (χ2n) is 9.43. The largest absolute Gasteiger partial charge is 0.511 e. The van der Waals surface area contributed by atoms with Crippen LogP contribution in [0.3, 0.4) is 0 Å². The van der Waals surface area contributed by atoms with Gasteiger partial charge in [-0.15, -0.1) is 0 Å². The number of para-hydroxylation sites is 1. The molecule has 0 bridgehead atoms. The van der Waals surface area contributed by atoms with Gasteiger partial charge in [0.1, 0.15) is 5.75 Å². The number of carboxylic acid groups (broad SMARTS) is 1. The minimum Gasteiger partial charge on any atom is -0.505 e. The van der Waals surface area contributed by atoms with Crippen molar-refractivity contribution in [1.82, 2.24) is 0 Å². The summed E-state index contributed by atoms with van der Waals surface area (Å²) >= 11 is 0. The number of amides is 1. The summed E-state index contributed by atoms with van der Waals surface area (Å²) in [5, 5.41) is 23.8. The van der Waals surface area contributed by atoms with E-state index < -0.39 is 35.4 Å². The molecule has 0 fully saturated rings. The Hall–Kier alpha value is -5.39. The van der Waals surface area contributed by atoms with Gasteiger partial charge in [-0.05, 0) is 79.1 Å². The molecule has 0 spiro atoms. The van der Waals surface area contributed by atoms with E-state index in [0.717, 1.165) is 46.4 Å². The molecular weight excluding hydrogens is 558 g/mol. The number of aromatic hydroxyl groups is 1. The first-order valence-electron chi connectivity index (χ1n) is 12.3. The van der Waals surface area contributed by atoms with Crippen LogP contribution in [0.2, 0.25) is 0 Å². The van der Waals surface area contributed by atoms with Crippen LogP contribution in [-0.4, -0.2) is 28.0 Å². The molecule has 0 saturated carbocycles. The van der Waals surface area contributed by atoms with Gasteiger partial charge in [-0.3, -0.25) is 15.1 Å². The number of hydrazone groups is 1. The quantitative estimate of drug-likeness (QED) is 0.0748. The number of ether oxygens (including phenoxy) is 1. The number of fused-ring (bicyclic) bond motifs is 1. The number of carbonyl (C=O) groups is 2. The molecule has 5 rings (SSSR count). The maximum atomic E-state index is 14.4. The molecule has 1 aliphatic rings. The topological polar surface area (TPSA) is 111 Å². The maximum Gasteiger partial charge on any atom is 0.511 e. The summed E-state index contributed by atoms with van der Waals surface area (Å²) in [5.41, 5.74) is 4.07. The predicted octanol–water partition coefficient (Wildman–Crippen LogP) is 7.39. The molecule has 1 amide bonds. The Kier molecular flexibility index (Phi) is 7.07. The summed E-state index contributed by atoms with van der Waals surface area (Å²) in [6.45, 7) is 3.68. The van der Waals surface area contributed by atoms with E-state index in [1.54, 1.807) is 18.2 Å². The van der Waals surface area contributed by atoms with Crippen molar-refractivity contribution in [2.24, 2.45) is 5.10 Å². The number of nitrogens with zero attached hydrogens (tertiary/aromatic N) is 2. The Bertz CT molecular complexity index is 1790. The smallest absolute Gasteiger partial charge is 0.505 e. The molecule has 42 heavy (non-hydrogen) atoms. The van der Waals surface area contributed by atoms with E-state index in [1.165, 1.54) is 24.3 Å². The van der Waals surface area contributed by atoms with Crippen LogP contribution >= 0.6 is 0 Å². The van der Waals surface area contributed by atoms with Crippen LogP contribution in [0.4, 0.5) is 39.4 Å². The average molecular weight is 580 g/mol. The highest BCUT2D eigenvalue weighted by atomic mass is 19.4. The number of halogens is 4. The van der Waals surface area contributed by atoms with Crippen molar-refractivity contribution in [2.45, 2.75) is 20.0 Å². The van der Waals surface area contributed by atoms with Gasteiger partial charge in [0.15, 0.2) is 17.3 Å². The number of benzene rings is 4.